The zero-order chi connectivity index (χ0) is 22.4. The number of aromatic nitrogens is 5. The summed E-state index contributed by atoms with van der Waals surface area (Å²) in [6, 6.07) is 11.0. The lowest BCUT2D eigenvalue weighted by atomic mass is 10.1. The molecule has 4 N–H and O–H groups in total. The minimum atomic E-state index is -0.640. The molecule has 33 heavy (non-hydrogen) atoms. The van der Waals surface area contributed by atoms with Gasteiger partial charge in [0, 0.05) is 42.2 Å². The number of fused-ring (bicyclic) bond motifs is 1. The summed E-state index contributed by atoms with van der Waals surface area (Å²) in [5.41, 5.74) is 3.24. The quantitative estimate of drug-likeness (QED) is 0.321. The van der Waals surface area contributed by atoms with Crippen LogP contribution in [0.2, 0.25) is 0 Å². The summed E-state index contributed by atoms with van der Waals surface area (Å²) in [5, 5.41) is 20.5. The van der Waals surface area contributed by atoms with Crippen molar-refractivity contribution in [3.05, 3.63) is 60.6 Å². The van der Waals surface area contributed by atoms with E-state index in [1.54, 1.807) is 21.6 Å². The Bertz CT molecular complexity index is 1340. The highest BCUT2D eigenvalue weighted by atomic mass is 16.2. The molecule has 1 saturated carbocycles. The van der Waals surface area contributed by atoms with Crippen molar-refractivity contribution in [1.82, 2.24) is 35.0 Å². The third-order valence-electron chi connectivity index (χ3n) is 5.67. The van der Waals surface area contributed by atoms with Crippen LogP contribution in [-0.4, -0.2) is 48.4 Å². The fraction of sp³-hybridized carbons (Fsp3) is 0.227. The molecule has 4 aromatic rings. The van der Waals surface area contributed by atoms with Crippen molar-refractivity contribution in [2.24, 2.45) is 0 Å². The largest absolute Gasteiger partial charge is 0.367 e. The molecule has 1 atom stereocenters. The number of anilines is 3. The maximum atomic E-state index is 12.0. The van der Waals surface area contributed by atoms with E-state index in [1.165, 1.54) is 0 Å². The fourth-order valence-corrected chi connectivity index (χ4v) is 3.85. The highest BCUT2D eigenvalue weighted by Gasteiger charge is 2.31. The van der Waals surface area contributed by atoms with Crippen LogP contribution in [0.15, 0.2) is 55.0 Å². The summed E-state index contributed by atoms with van der Waals surface area (Å²) < 4.78 is 3.54. The summed E-state index contributed by atoms with van der Waals surface area (Å²) >= 11 is 0. The molecule has 4 heterocycles. The van der Waals surface area contributed by atoms with Gasteiger partial charge in [0.1, 0.15) is 17.7 Å². The van der Waals surface area contributed by atoms with E-state index in [2.05, 4.69) is 31.5 Å². The van der Waals surface area contributed by atoms with Crippen LogP contribution in [0, 0.1) is 0 Å². The second-order valence-corrected chi connectivity index (χ2v) is 8.19. The van der Waals surface area contributed by atoms with Crippen molar-refractivity contribution in [2.75, 3.05) is 10.6 Å². The predicted octanol–water partition coefficient (Wildman–Crippen LogP) is 1.98. The number of hydrogen-bond donors (Lipinski definition) is 4. The van der Waals surface area contributed by atoms with E-state index < -0.39 is 12.1 Å². The highest BCUT2D eigenvalue weighted by Crippen LogP contribution is 2.28. The standard InChI is InChI=1S/C22H21N9O2/c32-21-17(27-22(33)29-21)10-13-12-24-31-19(26-15-2-3-15)11-18(28-20(13)31)25-14-4-6-16(7-5-14)30-9-1-8-23-30/h1,4-9,11-12,15,17,26H,2-3,10H2,(H,25,28)(H2,27,29,32,33). The van der Waals surface area contributed by atoms with Crippen LogP contribution in [0.4, 0.5) is 22.1 Å². The number of nitrogens with one attached hydrogen (secondary N) is 4. The Morgan fingerprint density at radius 1 is 1.12 bits per heavy atom. The van der Waals surface area contributed by atoms with Gasteiger partial charge in [-0.25, -0.2) is 14.5 Å². The SMILES string of the molecule is O=C1NC(=O)C(Cc2cnn3c(NC4CC4)cc(Nc4ccc(-n5cccn5)cc4)nc23)N1. The van der Waals surface area contributed by atoms with Gasteiger partial charge in [-0.1, -0.05) is 0 Å². The molecule has 1 saturated heterocycles. The molecule has 2 aliphatic rings. The zero-order valence-electron chi connectivity index (χ0n) is 17.5. The molecule has 2 fully saturated rings. The van der Waals surface area contributed by atoms with Crippen molar-refractivity contribution in [3.63, 3.8) is 0 Å². The lowest BCUT2D eigenvalue weighted by Gasteiger charge is -2.13. The van der Waals surface area contributed by atoms with Gasteiger partial charge < -0.3 is 16.0 Å². The Morgan fingerprint density at radius 2 is 1.97 bits per heavy atom. The van der Waals surface area contributed by atoms with Crippen LogP contribution in [0.1, 0.15) is 18.4 Å². The summed E-state index contributed by atoms with van der Waals surface area (Å²) in [5.74, 6) is 1.13. The van der Waals surface area contributed by atoms with E-state index in [0.29, 0.717) is 23.9 Å². The predicted molar refractivity (Wildman–Crippen MR) is 121 cm³/mol. The van der Waals surface area contributed by atoms with Crippen molar-refractivity contribution in [2.45, 2.75) is 31.3 Å². The average molecular weight is 443 g/mol. The normalized spacial score (nSPS) is 17.8. The fourth-order valence-electron chi connectivity index (χ4n) is 3.85. The Labute approximate surface area is 188 Å². The van der Waals surface area contributed by atoms with Crippen LogP contribution in [0.3, 0.4) is 0 Å². The summed E-state index contributed by atoms with van der Waals surface area (Å²) in [6.45, 7) is 0. The van der Waals surface area contributed by atoms with Crippen LogP contribution in [0.25, 0.3) is 11.3 Å². The minimum Gasteiger partial charge on any atom is -0.367 e. The number of imide groups is 1. The molecule has 3 amide bonds. The highest BCUT2D eigenvalue weighted by molar-refractivity contribution is 6.04. The first-order valence-corrected chi connectivity index (χ1v) is 10.7. The lowest BCUT2D eigenvalue weighted by molar-refractivity contribution is -0.120. The van der Waals surface area contributed by atoms with Gasteiger partial charge in [-0.15, -0.1) is 0 Å². The summed E-state index contributed by atoms with van der Waals surface area (Å²) in [7, 11) is 0. The Hall–Kier alpha value is -4.41. The van der Waals surface area contributed by atoms with Gasteiger partial charge in [-0.05, 0) is 43.2 Å². The van der Waals surface area contributed by atoms with E-state index in [1.807, 2.05) is 42.6 Å². The summed E-state index contributed by atoms with van der Waals surface area (Å²) in [6.07, 6.45) is 7.86. The monoisotopic (exact) mass is 443 g/mol. The molecule has 166 valence electrons. The molecule has 1 aliphatic heterocycles. The van der Waals surface area contributed by atoms with Crippen molar-refractivity contribution < 1.29 is 9.59 Å². The molecule has 6 rings (SSSR count). The van der Waals surface area contributed by atoms with Crippen molar-refractivity contribution in [1.29, 1.82) is 0 Å². The van der Waals surface area contributed by atoms with Gasteiger partial charge in [0.15, 0.2) is 5.65 Å². The van der Waals surface area contributed by atoms with Crippen LogP contribution >= 0.6 is 0 Å². The number of rotatable bonds is 7. The molecule has 1 aromatic carbocycles. The number of carbonyl (C=O) groups is 2. The van der Waals surface area contributed by atoms with Gasteiger partial charge in [-0.2, -0.15) is 14.7 Å². The number of amides is 3. The average Bonchev–Trinajstić information content (AvgIpc) is 3.17. The molecule has 3 aromatic heterocycles. The van der Waals surface area contributed by atoms with Crippen LogP contribution < -0.4 is 21.3 Å². The van der Waals surface area contributed by atoms with Crippen LogP contribution in [0.5, 0.6) is 0 Å². The van der Waals surface area contributed by atoms with Gasteiger partial charge in [0.25, 0.3) is 5.91 Å². The second-order valence-electron chi connectivity index (χ2n) is 8.19. The lowest BCUT2D eigenvalue weighted by Crippen LogP contribution is -2.31. The van der Waals surface area contributed by atoms with E-state index >= 15 is 0 Å². The van der Waals surface area contributed by atoms with E-state index in [0.717, 1.165) is 35.6 Å². The number of benzene rings is 1. The van der Waals surface area contributed by atoms with Crippen molar-refractivity contribution >= 4 is 34.9 Å². The van der Waals surface area contributed by atoms with E-state index in [-0.39, 0.29) is 5.91 Å². The summed E-state index contributed by atoms with van der Waals surface area (Å²) in [4.78, 5) is 28.3. The zero-order valence-corrected chi connectivity index (χ0v) is 17.5. The molecular formula is C22H21N9O2. The smallest absolute Gasteiger partial charge is 0.322 e. The third-order valence-corrected chi connectivity index (χ3v) is 5.67. The van der Waals surface area contributed by atoms with Crippen LogP contribution in [-0.2, 0) is 11.2 Å². The van der Waals surface area contributed by atoms with Gasteiger partial charge in [-0.3, -0.25) is 10.1 Å². The molecule has 11 heteroatoms. The first-order valence-electron chi connectivity index (χ1n) is 10.7. The number of hydrogen-bond acceptors (Lipinski definition) is 7. The first kappa shape index (κ1) is 19.3. The molecule has 0 radical (unpaired) electrons. The topological polar surface area (TPSA) is 130 Å². The molecular weight excluding hydrogens is 422 g/mol. The third kappa shape index (κ3) is 3.84. The van der Waals surface area contributed by atoms with Gasteiger partial charge in [0.2, 0.25) is 0 Å². The number of nitrogens with zero attached hydrogens (tertiary/aromatic N) is 5. The maximum Gasteiger partial charge on any atom is 0.322 e. The Balaban J connectivity index is 1.31. The Kier molecular flexibility index (Phi) is 4.45. The second kappa shape index (κ2) is 7.62. The molecule has 0 bridgehead atoms. The van der Waals surface area contributed by atoms with E-state index in [4.69, 9.17) is 4.98 Å². The minimum absolute atomic E-state index is 0.305. The maximum absolute atomic E-state index is 12.0. The van der Waals surface area contributed by atoms with Crippen molar-refractivity contribution in [3.8, 4) is 5.69 Å². The molecule has 1 unspecified atom stereocenters. The molecule has 11 nitrogen and oxygen atoms in total. The Morgan fingerprint density at radius 3 is 2.67 bits per heavy atom. The van der Waals surface area contributed by atoms with Gasteiger partial charge >= 0.3 is 6.03 Å². The molecule has 0 spiro atoms. The molecule has 1 aliphatic carbocycles. The first-order chi connectivity index (χ1) is 16.1. The van der Waals surface area contributed by atoms with Gasteiger partial charge in [0.05, 0.1) is 11.9 Å². The van der Waals surface area contributed by atoms with E-state index in [9.17, 15) is 9.59 Å². The number of urea groups is 1. The number of carbonyl (C=O) groups excluding carboxylic acids is 2.